The Labute approximate surface area is 166 Å². The molecule has 2 fully saturated rings. The molecule has 2 aliphatic rings. The van der Waals surface area contributed by atoms with Gasteiger partial charge in [-0.15, -0.1) is 0 Å². The number of hydrogen-bond donors (Lipinski definition) is 1. The monoisotopic (exact) mass is 389 g/mol. The summed E-state index contributed by atoms with van der Waals surface area (Å²) >= 11 is 1.59. The lowest BCUT2D eigenvalue weighted by Crippen LogP contribution is -2.51. The lowest BCUT2D eigenvalue weighted by atomic mass is 9.93. The number of nitrogens with one attached hydrogen (secondary N) is 1. The summed E-state index contributed by atoms with van der Waals surface area (Å²) in [5.41, 5.74) is 1.14. The van der Waals surface area contributed by atoms with E-state index in [-0.39, 0.29) is 17.7 Å². The first-order valence-electron chi connectivity index (χ1n) is 9.99. The first-order chi connectivity index (χ1) is 13.2. The van der Waals surface area contributed by atoms with Gasteiger partial charge in [-0.3, -0.25) is 14.5 Å². The van der Waals surface area contributed by atoms with Gasteiger partial charge in [0.15, 0.2) is 0 Å². The Balaban J connectivity index is 1.45. The topological polar surface area (TPSA) is 52.7 Å². The third kappa shape index (κ3) is 5.72. The van der Waals surface area contributed by atoms with E-state index in [4.69, 9.17) is 0 Å². The molecule has 1 N–H and O–H groups in total. The molecule has 2 saturated heterocycles. The number of carbonyl (C=O) groups is 2. The number of hydrogen-bond acceptors (Lipinski definition) is 4. The lowest BCUT2D eigenvalue weighted by Gasteiger charge is -2.42. The fourth-order valence-electron chi connectivity index (χ4n) is 4.18. The van der Waals surface area contributed by atoms with E-state index in [1.807, 2.05) is 41.5 Å². The molecule has 5 nitrogen and oxygen atoms in total. The van der Waals surface area contributed by atoms with Crippen molar-refractivity contribution in [3.63, 3.8) is 0 Å². The number of likely N-dealkylation sites (tertiary alicyclic amines) is 2. The number of thioether (sulfide) groups is 1. The fraction of sp³-hybridized carbons (Fsp3) is 0.619. The van der Waals surface area contributed by atoms with Crippen LogP contribution in [0.3, 0.4) is 0 Å². The average molecular weight is 390 g/mol. The highest BCUT2D eigenvalue weighted by Gasteiger charge is 2.32. The number of rotatable bonds is 6. The van der Waals surface area contributed by atoms with Crippen LogP contribution in [0.15, 0.2) is 30.3 Å². The van der Waals surface area contributed by atoms with Crippen LogP contribution in [-0.2, 0) is 16.1 Å². The molecule has 148 valence electrons. The smallest absolute Gasteiger partial charge is 0.232 e. The van der Waals surface area contributed by atoms with Crippen molar-refractivity contribution in [3.8, 4) is 0 Å². The van der Waals surface area contributed by atoms with Gasteiger partial charge < -0.3 is 10.2 Å². The molecule has 2 amide bonds. The van der Waals surface area contributed by atoms with Crippen molar-refractivity contribution in [1.82, 2.24) is 15.1 Å². The van der Waals surface area contributed by atoms with Crippen molar-refractivity contribution in [3.05, 3.63) is 35.9 Å². The van der Waals surface area contributed by atoms with E-state index in [0.29, 0.717) is 18.3 Å². The van der Waals surface area contributed by atoms with Gasteiger partial charge in [0.2, 0.25) is 11.8 Å². The van der Waals surface area contributed by atoms with E-state index in [9.17, 15) is 9.59 Å². The van der Waals surface area contributed by atoms with Crippen LogP contribution in [0.2, 0.25) is 0 Å². The molecule has 1 aromatic rings. The second kappa shape index (κ2) is 10.1. The van der Waals surface area contributed by atoms with Gasteiger partial charge >= 0.3 is 0 Å². The van der Waals surface area contributed by atoms with Gasteiger partial charge in [0.25, 0.3) is 0 Å². The van der Waals surface area contributed by atoms with Crippen LogP contribution in [0.25, 0.3) is 0 Å². The number of nitrogens with zero attached hydrogens (tertiary/aromatic N) is 2. The van der Waals surface area contributed by atoms with E-state index in [2.05, 4.69) is 10.2 Å². The normalized spacial score (nSPS) is 21.8. The molecule has 0 radical (unpaired) electrons. The molecule has 0 saturated carbocycles. The quantitative estimate of drug-likeness (QED) is 0.812. The third-order valence-electron chi connectivity index (χ3n) is 5.73. The van der Waals surface area contributed by atoms with Gasteiger partial charge in [-0.05, 0) is 44.0 Å². The molecular weight excluding hydrogens is 358 g/mol. The van der Waals surface area contributed by atoms with Gasteiger partial charge in [-0.1, -0.05) is 30.3 Å². The van der Waals surface area contributed by atoms with Crippen molar-refractivity contribution in [2.24, 2.45) is 5.92 Å². The zero-order valence-electron chi connectivity index (χ0n) is 16.2. The maximum absolute atomic E-state index is 12.6. The Bertz CT molecular complexity index is 617. The molecule has 2 aliphatic heterocycles. The van der Waals surface area contributed by atoms with Gasteiger partial charge in [-0.2, -0.15) is 11.8 Å². The zero-order chi connectivity index (χ0) is 19.1. The summed E-state index contributed by atoms with van der Waals surface area (Å²) in [4.78, 5) is 29.2. The summed E-state index contributed by atoms with van der Waals surface area (Å²) in [5, 5.41) is 3.11. The third-order valence-corrected chi connectivity index (χ3v) is 6.27. The van der Waals surface area contributed by atoms with Gasteiger partial charge in [0.05, 0.1) is 11.7 Å². The molecule has 0 aliphatic carbocycles. The minimum atomic E-state index is 0.0821. The fourth-order valence-corrected chi connectivity index (χ4v) is 4.61. The number of amides is 2. The van der Waals surface area contributed by atoms with Gasteiger partial charge in [-0.25, -0.2) is 0 Å². The molecule has 27 heavy (non-hydrogen) atoms. The van der Waals surface area contributed by atoms with Gasteiger partial charge in [0, 0.05) is 32.2 Å². The summed E-state index contributed by atoms with van der Waals surface area (Å²) < 4.78 is 0. The molecule has 0 spiro atoms. The second-order valence-electron chi connectivity index (χ2n) is 7.58. The minimum absolute atomic E-state index is 0.0821. The maximum atomic E-state index is 12.6. The number of carbonyl (C=O) groups excluding carboxylic acids is 2. The van der Waals surface area contributed by atoms with Gasteiger partial charge in [0.1, 0.15) is 0 Å². The Morgan fingerprint density at radius 2 is 1.85 bits per heavy atom. The van der Waals surface area contributed by atoms with E-state index in [1.165, 1.54) is 0 Å². The van der Waals surface area contributed by atoms with Crippen molar-refractivity contribution >= 4 is 23.6 Å². The van der Waals surface area contributed by atoms with Crippen molar-refractivity contribution < 1.29 is 9.59 Å². The average Bonchev–Trinajstić information content (AvgIpc) is 2.73. The Morgan fingerprint density at radius 3 is 2.56 bits per heavy atom. The van der Waals surface area contributed by atoms with Crippen LogP contribution in [0.1, 0.15) is 31.2 Å². The minimum Gasteiger partial charge on any atom is -0.352 e. The van der Waals surface area contributed by atoms with Crippen molar-refractivity contribution in [2.45, 2.75) is 38.3 Å². The first kappa shape index (κ1) is 20.2. The lowest BCUT2D eigenvalue weighted by molar-refractivity contribution is -0.130. The largest absolute Gasteiger partial charge is 0.352 e. The van der Waals surface area contributed by atoms with E-state index in [0.717, 1.165) is 57.4 Å². The highest BCUT2D eigenvalue weighted by Crippen LogP contribution is 2.24. The maximum Gasteiger partial charge on any atom is 0.232 e. The highest BCUT2D eigenvalue weighted by atomic mass is 32.2. The summed E-state index contributed by atoms with van der Waals surface area (Å²) in [6, 6.07) is 10.6. The molecule has 1 aromatic carbocycles. The van der Waals surface area contributed by atoms with Crippen LogP contribution < -0.4 is 5.32 Å². The van der Waals surface area contributed by atoms with Crippen LogP contribution in [0, 0.1) is 5.92 Å². The molecule has 0 aromatic heterocycles. The Morgan fingerprint density at radius 1 is 1.11 bits per heavy atom. The first-order valence-corrected chi connectivity index (χ1v) is 11.4. The van der Waals surface area contributed by atoms with Crippen LogP contribution in [0.5, 0.6) is 0 Å². The Hall–Kier alpha value is -1.53. The van der Waals surface area contributed by atoms with E-state index < -0.39 is 0 Å². The summed E-state index contributed by atoms with van der Waals surface area (Å²) in [7, 11) is 0. The molecule has 6 heteroatoms. The standard InChI is InChI=1S/C21H31N3O2S/c1-27-16-20(25)23-12-9-19(10-13-23)24-11-5-8-18(15-24)21(26)22-14-17-6-3-2-4-7-17/h2-4,6-7,18-19H,5,8-16H2,1H3,(H,22,26)/t18-/m0/s1. The second-order valence-corrected chi connectivity index (χ2v) is 8.45. The number of benzene rings is 1. The van der Waals surface area contributed by atoms with Crippen molar-refractivity contribution in [1.29, 1.82) is 0 Å². The SMILES string of the molecule is CSCC(=O)N1CCC(N2CCC[C@H](C(=O)NCc3ccccc3)C2)CC1. The molecule has 0 bridgehead atoms. The predicted molar refractivity (Wildman–Crippen MR) is 111 cm³/mol. The predicted octanol–water partition coefficient (Wildman–Crippen LogP) is 2.37. The summed E-state index contributed by atoms with van der Waals surface area (Å²) in [6.07, 6.45) is 6.08. The molecule has 0 unspecified atom stereocenters. The van der Waals surface area contributed by atoms with E-state index in [1.54, 1.807) is 11.8 Å². The van der Waals surface area contributed by atoms with Crippen LogP contribution in [0.4, 0.5) is 0 Å². The summed E-state index contributed by atoms with van der Waals surface area (Å²) in [5.74, 6) is 1.10. The molecular formula is C21H31N3O2S. The number of piperidine rings is 2. The van der Waals surface area contributed by atoms with E-state index >= 15 is 0 Å². The zero-order valence-corrected chi connectivity index (χ0v) is 17.0. The highest BCUT2D eigenvalue weighted by molar-refractivity contribution is 7.99. The summed E-state index contributed by atoms with van der Waals surface area (Å²) in [6.45, 7) is 4.24. The van der Waals surface area contributed by atoms with Crippen molar-refractivity contribution in [2.75, 3.05) is 38.2 Å². The Kier molecular flexibility index (Phi) is 7.59. The molecule has 1 atom stereocenters. The molecule has 3 rings (SSSR count). The van der Waals surface area contributed by atoms with Crippen LogP contribution >= 0.6 is 11.8 Å². The van der Waals surface area contributed by atoms with Crippen LogP contribution in [-0.4, -0.2) is 65.8 Å². The molecule has 2 heterocycles.